The van der Waals surface area contributed by atoms with Crippen LogP contribution in [0.1, 0.15) is 16.7 Å². The summed E-state index contributed by atoms with van der Waals surface area (Å²) in [5.74, 6) is 1.15. The van der Waals surface area contributed by atoms with E-state index in [4.69, 9.17) is 32.7 Å². The van der Waals surface area contributed by atoms with Crippen LogP contribution in [0.4, 0.5) is 5.69 Å². The number of aryl methyl sites for hydroxylation is 1. The van der Waals surface area contributed by atoms with Crippen molar-refractivity contribution < 1.29 is 14.6 Å². The van der Waals surface area contributed by atoms with Crippen molar-refractivity contribution in [3.05, 3.63) is 79.7 Å². The van der Waals surface area contributed by atoms with Gasteiger partial charge in [0.25, 0.3) is 0 Å². The van der Waals surface area contributed by atoms with Crippen molar-refractivity contribution in [2.75, 3.05) is 12.4 Å². The molecule has 0 bridgehead atoms. The summed E-state index contributed by atoms with van der Waals surface area (Å²) in [6, 6.07) is 15.1. The van der Waals surface area contributed by atoms with Gasteiger partial charge >= 0.3 is 0 Å². The van der Waals surface area contributed by atoms with Crippen molar-refractivity contribution in [3.63, 3.8) is 0 Å². The Kier molecular flexibility index (Phi) is 7.17. The molecule has 0 aliphatic rings. The molecule has 0 aromatic heterocycles. The molecule has 0 unspecified atom stereocenters. The van der Waals surface area contributed by atoms with Gasteiger partial charge in [0.05, 0.1) is 17.2 Å². The smallest absolute Gasteiger partial charge is 0.167 e. The normalized spacial score (nSPS) is 10.7. The zero-order chi connectivity index (χ0) is 21.0. The van der Waals surface area contributed by atoms with E-state index in [2.05, 4.69) is 34.2 Å². The van der Waals surface area contributed by atoms with Gasteiger partial charge < -0.3 is 19.9 Å². The first-order chi connectivity index (χ1) is 13.9. The number of methoxy groups -OCH3 is 1. The first kappa shape index (κ1) is 21.6. The summed E-state index contributed by atoms with van der Waals surface area (Å²) in [5, 5.41) is 13.4. The molecule has 0 saturated carbocycles. The van der Waals surface area contributed by atoms with E-state index in [9.17, 15) is 5.11 Å². The number of hydrogen-bond acceptors (Lipinski definition) is 4. The van der Waals surface area contributed by atoms with Crippen LogP contribution in [0.25, 0.3) is 0 Å². The first-order valence-electron chi connectivity index (χ1n) is 8.85. The van der Waals surface area contributed by atoms with Crippen LogP contribution in [0.5, 0.6) is 17.2 Å². The molecule has 4 nitrogen and oxygen atoms in total. The quantitative estimate of drug-likeness (QED) is 0.347. The molecule has 0 atom stereocenters. The lowest BCUT2D eigenvalue weighted by Gasteiger charge is -2.18. The lowest BCUT2D eigenvalue weighted by Crippen LogP contribution is -2.07. The second kappa shape index (κ2) is 9.61. The van der Waals surface area contributed by atoms with Crippen molar-refractivity contribution in [1.29, 1.82) is 0 Å². The zero-order valence-corrected chi connectivity index (χ0v) is 19.0. The number of phenolic OH excluding ortho intramolecular Hbond substituents is 1. The monoisotopic (exact) mass is 495 g/mol. The Morgan fingerprint density at radius 3 is 2.41 bits per heavy atom. The topological polar surface area (TPSA) is 50.7 Å². The standard InChI is InChI=1S/C22H20BrCl2NO3/c1-13-5-3-4-6-14(13)12-29-22-16(17(23)7-8-20(22)28-2)11-26-15-9-18(24)21(27)19(25)10-15/h3-10,26-27H,11-12H2,1-2H3. The van der Waals surface area contributed by atoms with Crippen molar-refractivity contribution in [2.45, 2.75) is 20.1 Å². The van der Waals surface area contributed by atoms with Gasteiger partial charge in [-0.15, -0.1) is 0 Å². The second-order valence-corrected chi connectivity index (χ2v) is 8.08. The van der Waals surface area contributed by atoms with Gasteiger partial charge in [0.1, 0.15) is 6.61 Å². The molecule has 0 heterocycles. The number of halogens is 3. The van der Waals surface area contributed by atoms with Gasteiger partial charge in [-0.25, -0.2) is 0 Å². The van der Waals surface area contributed by atoms with Gasteiger partial charge in [-0.1, -0.05) is 63.4 Å². The average Bonchev–Trinajstić information content (AvgIpc) is 2.70. The highest BCUT2D eigenvalue weighted by Crippen LogP contribution is 2.39. The summed E-state index contributed by atoms with van der Waals surface area (Å²) in [5.41, 5.74) is 3.83. The fourth-order valence-corrected chi connectivity index (χ4v) is 3.79. The number of phenols is 1. The Morgan fingerprint density at radius 1 is 1.07 bits per heavy atom. The number of hydrogen-bond donors (Lipinski definition) is 2. The predicted molar refractivity (Wildman–Crippen MR) is 122 cm³/mol. The fraction of sp³-hybridized carbons (Fsp3) is 0.182. The van der Waals surface area contributed by atoms with Gasteiger partial charge in [0.15, 0.2) is 17.2 Å². The van der Waals surface area contributed by atoms with E-state index < -0.39 is 0 Å². The van der Waals surface area contributed by atoms with Crippen LogP contribution in [0.3, 0.4) is 0 Å². The third kappa shape index (κ3) is 5.10. The molecule has 0 spiro atoms. The minimum absolute atomic E-state index is 0.135. The number of aromatic hydroxyl groups is 1. The van der Waals surface area contributed by atoms with Crippen molar-refractivity contribution in [3.8, 4) is 17.2 Å². The molecular weight excluding hydrogens is 477 g/mol. The molecule has 7 heteroatoms. The van der Waals surface area contributed by atoms with Crippen molar-refractivity contribution >= 4 is 44.8 Å². The lowest BCUT2D eigenvalue weighted by atomic mass is 10.1. The molecule has 0 fully saturated rings. The van der Waals surface area contributed by atoms with Crippen molar-refractivity contribution in [2.24, 2.45) is 0 Å². The highest BCUT2D eigenvalue weighted by molar-refractivity contribution is 9.10. The first-order valence-corrected chi connectivity index (χ1v) is 10.4. The molecule has 3 rings (SSSR count). The van der Waals surface area contributed by atoms with Crippen LogP contribution in [-0.2, 0) is 13.2 Å². The maximum atomic E-state index is 9.74. The Morgan fingerprint density at radius 2 is 1.76 bits per heavy atom. The summed E-state index contributed by atoms with van der Waals surface area (Å²) in [7, 11) is 1.61. The van der Waals surface area contributed by atoms with Crippen LogP contribution < -0.4 is 14.8 Å². The van der Waals surface area contributed by atoms with E-state index in [1.54, 1.807) is 19.2 Å². The summed E-state index contributed by atoms with van der Waals surface area (Å²) < 4.78 is 12.6. The second-order valence-electron chi connectivity index (χ2n) is 6.41. The van der Waals surface area contributed by atoms with Gasteiger partial charge in [-0.2, -0.15) is 0 Å². The third-order valence-corrected chi connectivity index (χ3v) is 5.83. The average molecular weight is 497 g/mol. The molecule has 152 valence electrons. The highest BCUT2D eigenvalue weighted by atomic mass is 79.9. The maximum Gasteiger partial charge on any atom is 0.167 e. The Bertz CT molecular complexity index is 1000. The van der Waals surface area contributed by atoms with Crippen LogP contribution >= 0.6 is 39.1 Å². The SMILES string of the molecule is COc1ccc(Br)c(CNc2cc(Cl)c(O)c(Cl)c2)c1OCc1ccccc1C. The molecule has 0 aliphatic carbocycles. The van der Waals surface area contributed by atoms with Gasteiger partial charge in [0, 0.05) is 22.3 Å². The van der Waals surface area contributed by atoms with Gasteiger partial charge in [0.2, 0.25) is 0 Å². The molecule has 0 saturated heterocycles. The Hall–Kier alpha value is -2.08. The molecule has 3 aromatic rings. The minimum atomic E-state index is -0.135. The number of ether oxygens (including phenoxy) is 2. The molecule has 29 heavy (non-hydrogen) atoms. The van der Waals surface area contributed by atoms with Crippen LogP contribution in [0.15, 0.2) is 53.0 Å². The summed E-state index contributed by atoms with van der Waals surface area (Å²) in [6.07, 6.45) is 0. The summed E-state index contributed by atoms with van der Waals surface area (Å²) in [6.45, 7) is 2.90. The van der Waals surface area contributed by atoms with E-state index in [0.717, 1.165) is 21.2 Å². The fourth-order valence-electron chi connectivity index (χ4n) is 2.85. The number of benzene rings is 3. The number of nitrogens with one attached hydrogen (secondary N) is 1. The maximum absolute atomic E-state index is 9.74. The molecule has 2 N–H and O–H groups in total. The lowest BCUT2D eigenvalue weighted by molar-refractivity contribution is 0.281. The van der Waals surface area contributed by atoms with Crippen LogP contribution in [-0.4, -0.2) is 12.2 Å². The number of rotatable bonds is 7. The van der Waals surface area contributed by atoms with E-state index in [1.807, 2.05) is 30.3 Å². The molecule has 0 amide bonds. The minimum Gasteiger partial charge on any atom is -0.505 e. The van der Waals surface area contributed by atoms with Crippen LogP contribution in [0, 0.1) is 6.92 Å². The molecular formula is C22H20BrCl2NO3. The highest BCUT2D eigenvalue weighted by Gasteiger charge is 2.16. The Labute approximate surface area is 188 Å². The van der Waals surface area contributed by atoms with Crippen molar-refractivity contribution in [1.82, 2.24) is 0 Å². The largest absolute Gasteiger partial charge is 0.505 e. The van der Waals surface area contributed by atoms with E-state index in [0.29, 0.717) is 30.3 Å². The van der Waals surface area contributed by atoms with Crippen LogP contribution in [0.2, 0.25) is 10.0 Å². The predicted octanol–water partition coefficient (Wildman–Crippen LogP) is 6.97. The number of anilines is 1. The molecule has 3 aromatic carbocycles. The summed E-state index contributed by atoms with van der Waals surface area (Å²) in [4.78, 5) is 0. The summed E-state index contributed by atoms with van der Waals surface area (Å²) >= 11 is 15.6. The third-order valence-electron chi connectivity index (χ3n) is 4.51. The van der Waals surface area contributed by atoms with Gasteiger partial charge in [-0.05, 0) is 42.3 Å². The van der Waals surface area contributed by atoms with Gasteiger partial charge in [-0.3, -0.25) is 0 Å². The van der Waals surface area contributed by atoms with E-state index >= 15 is 0 Å². The molecule has 0 radical (unpaired) electrons. The van der Waals surface area contributed by atoms with E-state index in [-0.39, 0.29) is 15.8 Å². The Balaban J connectivity index is 1.86. The molecule has 0 aliphatic heterocycles. The van der Waals surface area contributed by atoms with E-state index in [1.165, 1.54) is 0 Å². The zero-order valence-electron chi connectivity index (χ0n) is 15.9.